The van der Waals surface area contributed by atoms with Crippen LogP contribution in [0.5, 0.6) is 17.2 Å². The first-order valence-corrected chi connectivity index (χ1v) is 7.39. The molecule has 0 bridgehead atoms. The van der Waals surface area contributed by atoms with E-state index in [4.69, 9.17) is 14.2 Å². The van der Waals surface area contributed by atoms with Crippen LogP contribution in [0.15, 0.2) is 17.1 Å². The maximum Gasteiger partial charge on any atom is 0.203 e. The molecule has 0 aromatic heterocycles. The second-order valence-corrected chi connectivity index (χ2v) is 5.42. The predicted octanol–water partition coefficient (Wildman–Crippen LogP) is 1.79. The molecule has 2 atom stereocenters. The SMILES string of the molecule is CN=C(NCc1cc(OC)c(OC)c(OC)c1)NC1CC1C. The number of rotatable bonds is 6. The normalized spacial score (nSPS) is 20.3. The van der Waals surface area contributed by atoms with Crippen molar-refractivity contribution in [3.8, 4) is 17.2 Å². The van der Waals surface area contributed by atoms with Crippen molar-refractivity contribution in [3.63, 3.8) is 0 Å². The number of hydrogen-bond donors (Lipinski definition) is 2. The fraction of sp³-hybridized carbons (Fsp3) is 0.562. The number of ether oxygens (including phenoxy) is 3. The van der Waals surface area contributed by atoms with Gasteiger partial charge in [0.25, 0.3) is 0 Å². The van der Waals surface area contributed by atoms with E-state index in [1.165, 1.54) is 6.42 Å². The molecule has 1 fully saturated rings. The lowest BCUT2D eigenvalue weighted by atomic mass is 10.2. The zero-order valence-corrected chi connectivity index (χ0v) is 13.9. The Labute approximate surface area is 131 Å². The second kappa shape index (κ2) is 7.24. The molecule has 2 unspecified atom stereocenters. The van der Waals surface area contributed by atoms with E-state index in [2.05, 4.69) is 22.5 Å². The number of hydrogen-bond acceptors (Lipinski definition) is 4. The first-order valence-electron chi connectivity index (χ1n) is 7.39. The molecule has 2 rings (SSSR count). The van der Waals surface area contributed by atoms with E-state index in [1.54, 1.807) is 28.4 Å². The van der Waals surface area contributed by atoms with E-state index in [0.717, 1.165) is 17.4 Å². The summed E-state index contributed by atoms with van der Waals surface area (Å²) in [6, 6.07) is 4.40. The molecule has 1 aliphatic carbocycles. The Balaban J connectivity index is 2.05. The van der Waals surface area contributed by atoms with Crippen LogP contribution in [-0.2, 0) is 6.54 Å². The van der Waals surface area contributed by atoms with Crippen LogP contribution >= 0.6 is 0 Å². The van der Waals surface area contributed by atoms with Gasteiger partial charge in [0.1, 0.15) is 0 Å². The van der Waals surface area contributed by atoms with Gasteiger partial charge in [-0.3, -0.25) is 4.99 Å². The van der Waals surface area contributed by atoms with Crippen molar-refractivity contribution in [2.45, 2.75) is 25.9 Å². The van der Waals surface area contributed by atoms with Crippen molar-refractivity contribution < 1.29 is 14.2 Å². The van der Waals surface area contributed by atoms with Crippen LogP contribution in [0.25, 0.3) is 0 Å². The quantitative estimate of drug-likeness (QED) is 0.619. The van der Waals surface area contributed by atoms with E-state index in [1.807, 2.05) is 12.1 Å². The molecule has 0 amide bonds. The van der Waals surface area contributed by atoms with Crippen molar-refractivity contribution in [1.82, 2.24) is 10.6 Å². The Kier molecular flexibility index (Phi) is 5.35. The molecular weight excluding hydrogens is 282 g/mol. The standard InChI is InChI=1S/C16H25N3O3/c1-10-6-12(10)19-16(17-2)18-9-11-7-13(20-3)15(22-5)14(8-11)21-4/h7-8,10,12H,6,9H2,1-5H3,(H2,17,18,19). The zero-order valence-electron chi connectivity index (χ0n) is 13.9. The van der Waals surface area contributed by atoms with Gasteiger partial charge < -0.3 is 24.8 Å². The molecule has 122 valence electrons. The van der Waals surface area contributed by atoms with Crippen molar-refractivity contribution in [2.24, 2.45) is 10.9 Å². The molecule has 1 saturated carbocycles. The van der Waals surface area contributed by atoms with Gasteiger partial charge in [0, 0.05) is 19.6 Å². The van der Waals surface area contributed by atoms with E-state index >= 15 is 0 Å². The van der Waals surface area contributed by atoms with E-state index in [9.17, 15) is 0 Å². The largest absolute Gasteiger partial charge is 0.493 e. The maximum absolute atomic E-state index is 5.36. The lowest BCUT2D eigenvalue weighted by molar-refractivity contribution is 0.323. The number of nitrogens with one attached hydrogen (secondary N) is 2. The highest BCUT2D eigenvalue weighted by molar-refractivity contribution is 5.80. The Hall–Kier alpha value is -2.11. The Bertz CT molecular complexity index is 520. The van der Waals surface area contributed by atoms with Crippen molar-refractivity contribution in [3.05, 3.63) is 17.7 Å². The summed E-state index contributed by atoms with van der Waals surface area (Å²) >= 11 is 0. The number of guanidine groups is 1. The molecule has 0 radical (unpaired) electrons. The van der Waals surface area contributed by atoms with Crippen LogP contribution in [-0.4, -0.2) is 40.4 Å². The third kappa shape index (κ3) is 3.75. The van der Waals surface area contributed by atoms with Crippen molar-refractivity contribution in [1.29, 1.82) is 0 Å². The fourth-order valence-corrected chi connectivity index (χ4v) is 2.32. The summed E-state index contributed by atoms with van der Waals surface area (Å²) in [5.41, 5.74) is 1.03. The minimum absolute atomic E-state index is 0.533. The summed E-state index contributed by atoms with van der Waals surface area (Å²) in [5, 5.41) is 6.70. The topological polar surface area (TPSA) is 64.1 Å². The molecule has 1 aromatic carbocycles. The first kappa shape index (κ1) is 16.3. The molecule has 22 heavy (non-hydrogen) atoms. The third-order valence-electron chi connectivity index (χ3n) is 3.84. The van der Waals surface area contributed by atoms with Gasteiger partial charge in [-0.05, 0) is 30.0 Å². The Morgan fingerprint density at radius 2 is 1.77 bits per heavy atom. The average molecular weight is 307 g/mol. The summed E-state index contributed by atoms with van der Waals surface area (Å²) in [5.74, 6) is 3.43. The highest BCUT2D eigenvalue weighted by atomic mass is 16.5. The minimum atomic E-state index is 0.533. The van der Waals surface area contributed by atoms with Crippen LogP contribution in [0.2, 0.25) is 0 Å². The van der Waals surface area contributed by atoms with Gasteiger partial charge >= 0.3 is 0 Å². The minimum Gasteiger partial charge on any atom is -0.493 e. The fourth-order valence-electron chi connectivity index (χ4n) is 2.32. The lowest BCUT2D eigenvalue weighted by Gasteiger charge is -2.16. The van der Waals surface area contributed by atoms with Crippen LogP contribution in [0, 0.1) is 5.92 Å². The molecule has 0 heterocycles. The van der Waals surface area contributed by atoms with Crippen molar-refractivity contribution >= 4 is 5.96 Å². The molecular formula is C16H25N3O3. The van der Waals surface area contributed by atoms with Crippen LogP contribution < -0.4 is 24.8 Å². The number of aliphatic imine (C=N–C) groups is 1. The van der Waals surface area contributed by atoms with E-state index < -0.39 is 0 Å². The van der Waals surface area contributed by atoms with Crippen LogP contribution in [0.3, 0.4) is 0 Å². The number of methoxy groups -OCH3 is 3. The predicted molar refractivity (Wildman–Crippen MR) is 87.0 cm³/mol. The first-order chi connectivity index (χ1) is 10.6. The summed E-state index contributed by atoms with van der Waals surface area (Å²) in [7, 11) is 6.60. The summed E-state index contributed by atoms with van der Waals surface area (Å²) in [4.78, 5) is 4.24. The smallest absolute Gasteiger partial charge is 0.203 e. The lowest BCUT2D eigenvalue weighted by Crippen LogP contribution is -2.38. The van der Waals surface area contributed by atoms with Crippen LogP contribution in [0.4, 0.5) is 0 Å². The van der Waals surface area contributed by atoms with Crippen molar-refractivity contribution in [2.75, 3.05) is 28.4 Å². The molecule has 2 N–H and O–H groups in total. The summed E-state index contributed by atoms with van der Waals surface area (Å²) < 4.78 is 16.1. The monoisotopic (exact) mass is 307 g/mol. The number of benzene rings is 1. The Morgan fingerprint density at radius 3 is 2.18 bits per heavy atom. The molecule has 0 spiro atoms. The highest BCUT2D eigenvalue weighted by Gasteiger charge is 2.33. The maximum atomic E-state index is 5.36. The summed E-state index contributed by atoms with van der Waals surface area (Å²) in [6.07, 6.45) is 1.20. The van der Waals surface area contributed by atoms with Gasteiger partial charge in [0.15, 0.2) is 17.5 Å². The van der Waals surface area contributed by atoms with Gasteiger partial charge in [-0.2, -0.15) is 0 Å². The average Bonchev–Trinajstić information content (AvgIpc) is 3.24. The molecule has 1 aliphatic rings. The highest BCUT2D eigenvalue weighted by Crippen LogP contribution is 2.38. The van der Waals surface area contributed by atoms with E-state index in [0.29, 0.717) is 29.8 Å². The van der Waals surface area contributed by atoms with Gasteiger partial charge in [0.05, 0.1) is 21.3 Å². The van der Waals surface area contributed by atoms with Gasteiger partial charge in [-0.15, -0.1) is 0 Å². The third-order valence-corrected chi connectivity index (χ3v) is 3.84. The van der Waals surface area contributed by atoms with E-state index in [-0.39, 0.29) is 0 Å². The van der Waals surface area contributed by atoms with Gasteiger partial charge in [-0.1, -0.05) is 6.92 Å². The van der Waals surface area contributed by atoms with Crippen LogP contribution in [0.1, 0.15) is 18.9 Å². The summed E-state index contributed by atoms with van der Waals surface area (Å²) in [6.45, 7) is 2.85. The van der Waals surface area contributed by atoms with Gasteiger partial charge in [0.2, 0.25) is 5.75 Å². The molecule has 0 saturated heterocycles. The molecule has 6 nitrogen and oxygen atoms in total. The van der Waals surface area contributed by atoms with Gasteiger partial charge in [-0.25, -0.2) is 0 Å². The Morgan fingerprint density at radius 1 is 1.18 bits per heavy atom. The molecule has 0 aliphatic heterocycles. The molecule has 1 aromatic rings. The second-order valence-electron chi connectivity index (χ2n) is 5.42. The zero-order chi connectivity index (χ0) is 16.1. The number of nitrogens with zero attached hydrogens (tertiary/aromatic N) is 1. The molecule has 6 heteroatoms.